The van der Waals surface area contributed by atoms with Gasteiger partial charge in [0.05, 0.1) is 6.20 Å². The number of aromatic nitrogens is 2. The van der Waals surface area contributed by atoms with Crippen LogP contribution in [-0.2, 0) is 4.79 Å². The molecule has 0 spiro atoms. The summed E-state index contributed by atoms with van der Waals surface area (Å²) in [6, 6.07) is 0. The van der Waals surface area contributed by atoms with Gasteiger partial charge in [-0.25, -0.2) is 0 Å². The van der Waals surface area contributed by atoms with Crippen molar-refractivity contribution in [2.75, 3.05) is 5.32 Å². The number of hydrogen-bond donors (Lipinski definition) is 1. The highest BCUT2D eigenvalue weighted by atomic mass is 32.1. The Morgan fingerprint density at radius 1 is 1.57 bits per heavy atom. The van der Waals surface area contributed by atoms with Crippen LogP contribution < -0.4 is 5.32 Å². The minimum Gasteiger partial charge on any atom is -0.315 e. The number of rotatable bonds is 2. The highest BCUT2D eigenvalue weighted by molar-refractivity contribution is 7.10. The molecule has 2 rings (SSSR count). The Labute approximate surface area is 86.2 Å². The molecule has 1 unspecified atom stereocenters. The van der Waals surface area contributed by atoms with Gasteiger partial charge in [-0.3, -0.25) is 4.79 Å². The smallest absolute Gasteiger partial charge is 0.228 e. The Morgan fingerprint density at radius 2 is 2.50 bits per heavy atom. The predicted molar refractivity (Wildman–Crippen MR) is 55.0 cm³/mol. The molecule has 14 heavy (non-hydrogen) atoms. The third-order valence-corrected chi connectivity index (χ3v) is 2.83. The number of allylic oxidation sites excluding steroid dienone is 2. The van der Waals surface area contributed by atoms with Crippen LogP contribution in [0.1, 0.15) is 19.3 Å². The first-order chi connectivity index (χ1) is 6.86. The summed E-state index contributed by atoms with van der Waals surface area (Å²) in [7, 11) is 0. The molecule has 0 aromatic carbocycles. The summed E-state index contributed by atoms with van der Waals surface area (Å²) >= 11 is 1.20. The molecule has 1 aliphatic carbocycles. The Bertz CT molecular complexity index is 334. The van der Waals surface area contributed by atoms with Gasteiger partial charge in [-0.1, -0.05) is 16.6 Å². The highest BCUT2D eigenvalue weighted by Gasteiger charge is 2.18. The van der Waals surface area contributed by atoms with Crippen molar-refractivity contribution in [2.24, 2.45) is 5.92 Å². The molecule has 0 aliphatic heterocycles. The fraction of sp³-hybridized carbons (Fsp3) is 0.444. The van der Waals surface area contributed by atoms with E-state index in [4.69, 9.17) is 0 Å². The molecule has 1 heterocycles. The van der Waals surface area contributed by atoms with Crippen molar-refractivity contribution in [2.45, 2.75) is 19.3 Å². The molecule has 1 amide bonds. The molecule has 0 saturated heterocycles. The number of hydrogen-bond acceptors (Lipinski definition) is 4. The summed E-state index contributed by atoms with van der Waals surface area (Å²) in [5, 5.41) is 7.20. The molecule has 1 N–H and O–H groups in total. The SMILES string of the molecule is O=C(Nc1cnns1)C1CC=CCC1. The van der Waals surface area contributed by atoms with E-state index in [9.17, 15) is 4.79 Å². The number of anilines is 1. The van der Waals surface area contributed by atoms with Crippen molar-refractivity contribution in [3.8, 4) is 0 Å². The first kappa shape index (κ1) is 9.33. The second-order valence-electron chi connectivity index (χ2n) is 3.25. The Kier molecular flexibility index (Phi) is 2.88. The first-order valence-electron chi connectivity index (χ1n) is 4.59. The summed E-state index contributed by atoms with van der Waals surface area (Å²) in [5.41, 5.74) is 0. The lowest BCUT2D eigenvalue weighted by Crippen LogP contribution is -2.22. The quantitative estimate of drug-likeness (QED) is 0.756. The van der Waals surface area contributed by atoms with Crippen LogP contribution in [0.3, 0.4) is 0 Å². The summed E-state index contributed by atoms with van der Waals surface area (Å²) in [5.74, 6) is 0.197. The van der Waals surface area contributed by atoms with Crippen LogP contribution in [0.15, 0.2) is 18.3 Å². The lowest BCUT2D eigenvalue weighted by atomic mass is 9.94. The normalized spacial score (nSPS) is 20.7. The van der Waals surface area contributed by atoms with Gasteiger partial charge in [-0.05, 0) is 19.3 Å². The third kappa shape index (κ3) is 2.17. The summed E-state index contributed by atoms with van der Waals surface area (Å²) in [6.07, 6.45) is 8.55. The van der Waals surface area contributed by atoms with Crippen molar-refractivity contribution < 1.29 is 4.79 Å². The fourth-order valence-corrected chi connectivity index (χ4v) is 1.90. The van der Waals surface area contributed by atoms with Crippen LogP contribution in [0.2, 0.25) is 0 Å². The van der Waals surface area contributed by atoms with Gasteiger partial charge in [0.25, 0.3) is 0 Å². The second kappa shape index (κ2) is 4.32. The van der Waals surface area contributed by atoms with E-state index >= 15 is 0 Å². The van der Waals surface area contributed by atoms with Crippen LogP contribution in [0, 0.1) is 5.92 Å². The lowest BCUT2D eigenvalue weighted by Gasteiger charge is -2.15. The van der Waals surface area contributed by atoms with E-state index in [0.29, 0.717) is 0 Å². The van der Waals surface area contributed by atoms with Gasteiger partial charge in [0.15, 0.2) is 0 Å². The summed E-state index contributed by atoms with van der Waals surface area (Å²) in [6.45, 7) is 0. The third-order valence-electron chi connectivity index (χ3n) is 2.25. The van der Waals surface area contributed by atoms with Gasteiger partial charge >= 0.3 is 0 Å². The van der Waals surface area contributed by atoms with Crippen molar-refractivity contribution in [3.63, 3.8) is 0 Å². The van der Waals surface area contributed by atoms with E-state index in [1.54, 1.807) is 6.20 Å². The van der Waals surface area contributed by atoms with Crippen LogP contribution in [0.4, 0.5) is 5.00 Å². The van der Waals surface area contributed by atoms with E-state index in [2.05, 4.69) is 27.1 Å². The number of amides is 1. The number of nitrogens with one attached hydrogen (secondary N) is 1. The molecule has 5 heteroatoms. The van der Waals surface area contributed by atoms with E-state index in [1.165, 1.54) is 11.5 Å². The minimum absolute atomic E-state index is 0.0837. The molecule has 0 fully saturated rings. The molecular weight excluding hydrogens is 198 g/mol. The largest absolute Gasteiger partial charge is 0.315 e. The van der Waals surface area contributed by atoms with E-state index in [0.717, 1.165) is 24.3 Å². The molecule has 1 aromatic rings. The topological polar surface area (TPSA) is 54.9 Å². The lowest BCUT2D eigenvalue weighted by molar-refractivity contribution is -0.120. The standard InChI is InChI=1S/C9H11N3OS/c13-9(7-4-2-1-3-5-7)11-8-6-10-12-14-8/h1-2,6-7H,3-5H2,(H,11,13). The molecular formula is C9H11N3OS. The van der Waals surface area contributed by atoms with Crippen LogP contribution in [0.5, 0.6) is 0 Å². The van der Waals surface area contributed by atoms with E-state index < -0.39 is 0 Å². The molecule has 1 atom stereocenters. The molecule has 0 radical (unpaired) electrons. The highest BCUT2D eigenvalue weighted by Crippen LogP contribution is 2.20. The van der Waals surface area contributed by atoms with E-state index in [1.807, 2.05) is 0 Å². The summed E-state index contributed by atoms with van der Waals surface area (Å²) in [4.78, 5) is 11.7. The maximum atomic E-state index is 11.7. The molecule has 0 bridgehead atoms. The Balaban J connectivity index is 1.92. The van der Waals surface area contributed by atoms with Crippen LogP contribution >= 0.6 is 11.5 Å². The molecule has 1 aromatic heterocycles. The fourth-order valence-electron chi connectivity index (χ4n) is 1.48. The molecule has 1 aliphatic rings. The van der Waals surface area contributed by atoms with Gasteiger partial charge in [-0.15, -0.1) is 5.10 Å². The van der Waals surface area contributed by atoms with E-state index in [-0.39, 0.29) is 11.8 Å². The average Bonchev–Trinajstić information content (AvgIpc) is 2.72. The molecule has 4 nitrogen and oxygen atoms in total. The number of carbonyl (C=O) groups is 1. The van der Waals surface area contributed by atoms with Gasteiger partial charge in [0.1, 0.15) is 5.00 Å². The number of carbonyl (C=O) groups excluding carboxylic acids is 1. The zero-order valence-corrected chi connectivity index (χ0v) is 8.46. The van der Waals surface area contributed by atoms with Crippen LogP contribution in [0.25, 0.3) is 0 Å². The Morgan fingerprint density at radius 3 is 3.14 bits per heavy atom. The van der Waals surface area contributed by atoms with Crippen molar-refractivity contribution >= 4 is 22.4 Å². The van der Waals surface area contributed by atoms with Crippen LogP contribution in [-0.4, -0.2) is 15.5 Å². The monoisotopic (exact) mass is 209 g/mol. The zero-order valence-electron chi connectivity index (χ0n) is 7.64. The summed E-state index contributed by atoms with van der Waals surface area (Å²) < 4.78 is 3.68. The van der Waals surface area contributed by atoms with Gasteiger partial charge in [0, 0.05) is 17.5 Å². The van der Waals surface area contributed by atoms with Crippen molar-refractivity contribution in [1.82, 2.24) is 9.59 Å². The zero-order chi connectivity index (χ0) is 9.80. The first-order valence-corrected chi connectivity index (χ1v) is 5.37. The predicted octanol–water partition coefficient (Wildman–Crippen LogP) is 1.83. The van der Waals surface area contributed by atoms with Crippen molar-refractivity contribution in [3.05, 3.63) is 18.3 Å². The minimum atomic E-state index is 0.0837. The maximum Gasteiger partial charge on any atom is 0.228 e. The number of nitrogens with zero attached hydrogens (tertiary/aromatic N) is 2. The maximum absolute atomic E-state index is 11.7. The van der Waals surface area contributed by atoms with Crippen molar-refractivity contribution in [1.29, 1.82) is 0 Å². The molecule has 74 valence electrons. The van der Waals surface area contributed by atoms with Gasteiger partial charge in [-0.2, -0.15) is 0 Å². The Hall–Kier alpha value is -1.23. The average molecular weight is 209 g/mol. The van der Waals surface area contributed by atoms with Gasteiger partial charge < -0.3 is 5.32 Å². The second-order valence-corrected chi connectivity index (χ2v) is 4.04. The molecule has 0 saturated carbocycles. The van der Waals surface area contributed by atoms with Gasteiger partial charge in [0.2, 0.25) is 5.91 Å².